The monoisotopic (exact) mass is 599 g/mol. The van der Waals surface area contributed by atoms with Gasteiger partial charge in [-0.2, -0.15) is 0 Å². The minimum atomic E-state index is -1.32. The molecule has 5 bridgehead atoms. The first-order valence-corrected chi connectivity index (χ1v) is 15.2. The Balaban J connectivity index is 1.39. The van der Waals surface area contributed by atoms with Crippen LogP contribution in [0.3, 0.4) is 0 Å². The van der Waals surface area contributed by atoms with Gasteiger partial charge in [0, 0.05) is 32.7 Å². The van der Waals surface area contributed by atoms with Crippen LogP contribution in [0.25, 0.3) is 0 Å². The standard InChI is InChI=1S/C34H37N3O7/c38-20-10-19-37-30-33(42)36(21-23-11-4-1-5-12-23)18-9-3-8-15-27(39)43-22-25(24-13-6-2-7-14-24)35-31(40)28-26-16-17-34(30,44-26)29(28)32(37)41/h1-7,9,11-14,16-17,25-26,28-30,38H,8,10,15,18-22H2,(H,35,40)/b9-3-/t25-,26-,28+,29+,30-,34+/m0/s1. The highest BCUT2D eigenvalue weighted by molar-refractivity contribution is 6.00. The molecule has 1 spiro atoms. The van der Waals surface area contributed by atoms with E-state index in [1.54, 1.807) is 17.1 Å². The molecule has 6 rings (SSSR count). The lowest BCUT2D eigenvalue weighted by Gasteiger charge is -2.36. The minimum absolute atomic E-state index is 0.0648. The number of fused-ring (bicyclic) bond motifs is 2. The van der Waals surface area contributed by atoms with Gasteiger partial charge in [-0.05, 0) is 24.0 Å². The molecule has 10 heteroatoms. The zero-order chi connectivity index (χ0) is 30.7. The molecule has 0 radical (unpaired) electrons. The van der Waals surface area contributed by atoms with Crippen molar-refractivity contribution in [1.29, 1.82) is 0 Å². The fourth-order valence-corrected chi connectivity index (χ4v) is 6.88. The summed E-state index contributed by atoms with van der Waals surface area (Å²) in [4.78, 5) is 58.6. The van der Waals surface area contributed by atoms with E-state index in [2.05, 4.69) is 5.32 Å². The van der Waals surface area contributed by atoms with E-state index in [9.17, 15) is 24.3 Å². The normalized spacial score (nSPS) is 31.2. The van der Waals surface area contributed by atoms with Crippen molar-refractivity contribution in [2.24, 2.45) is 11.8 Å². The summed E-state index contributed by atoms with van der Waals surface area (Å²) < 4.78 is 12.1. The van der Waals surface area contributed by atoms with Crippen molar-refractivity contribution < 1.29 is 33.8 Å². The summed E-state index contributed by atoms with van der Waals surface area (Å²) in [5.41, 5.74) is 0.352. The molecular formula is C34H37N3O7. The van der Waals surface area contributed by atoms with Crippen molar-refractivity contribution in [2.45, 2.75) is 49.6 Å². The van der Waals surface area contributed by atoms with Gasteiger partial charge in [-0.25, -0.2) is 0 Å². The Bertz CT molecular complexity index is 1450. The van der Waals surface area contributed by atoms with Gasteiger partial charge in [0.05, 0.1) is 24.0 Å². The predicted octanol–water partition coefficient (Wildman–Crippen LogP) is 2.30. The molecule has 2 aromatic carbocycles. The number of ether oxygens (including phenoxy) is 2. The molecule has 2 N–H and O–H groups in total. The second-order valence-corrected chi connectivity index (χ2v) is 11.7. The summed E-state index contributed by atoms with van der Waals surface area (Å²) in [7, 11) is 0. The van der Waals surface area contributed by atoms with Crippen LogP contribution in [0, 0.1) is 11.8 Å². The summed E-state index contributed by atoms with van der Waals surface area (Å²) >= 11 is 0. The van der Waals surface area contributed by atoms with Crippen LogP contribution < -0.4 is 5.32 Å². The SMILES string of the molecule is O=C1CC/C=C\CN(Cc2ccccc2)C(=O)[C@@H]2N(CCCO)C(=O)[C@H]3[C@H](C(=O)N[C@H](c4ccccc4)CO1)[C@@H]1C=C[C@]23O1. The molecule has 2 saturated heterocycles. The first kappa shape index (κ1) is 29.8. The lowest BCUT2D eigenvalue weighted by molar-refractivity contribution is -0.148. The van der Waals surface area contributed by atoms with E-state index < -0.39 is 47.5 Å². The van der Waals surface area contributed by atoms with Gasteiger partial charge in [0.15, 0.2) is 0 Å². The number of nitrogens with zero attached hydrogens (tertiary/aromatic N) is 2. The number of aliphatic hydroxyl groups is 1. The number of cyclic esters (lactones) is 1. The largest absolute Gasteiger partial charge is 0.463 e. The van der Waals surface area contributed by atoms with E-state index in [0.717, 1.165) is 11.1 Å². The van der Waals surface area contributed by atoms with Crippen LogP contribution in [0.2, 0.25) is 0 Å². The van der Waals surface area contributed by atoms with Crippen LogP contribution in [0.5, 0.6) is 0 Å². The van der Waals surface area contributed by atoms with Gasteiger partial charge < -0.3 is 29.7 Å². The summed E-state index contributed by atoms with van der Waals surface area (Å²) in [6, 6.07) is 17.1. The van der Waals surface area contributed by atoms with Crippen molar-refractivity contribution in [3.63, 3.8) is 0 Å². The molecule has 0 saturated carbocycles. The summed E-state index contributed by atoms with van der Waals surface area (Å²) in [5, 5.41) is 12.7. The zero-order valence-corrected chi connectivity index (χ0v) is 24.4. The Kier molecular flexibility index (Phi) is 8.63. The number of rotatable bonds is 6. The minimum Gasteiger partial charge on any atom is -0.463 e. The fourth-order valence-electron chi connectivity index (χ4n) is 6.88. The first-order valence-electron chi connectivity index (χ1n) is 15.2. The number of benzene rings is 2. The number of carbonyl (C=O) groups excluding carboxylic acids is 4. The van der Waals surface area contributed by atoms with Gasteiger partial charge in [-0.3, -0.25) is 19.2 Å². The Labute approximate surface area is 256 Å². The number of likely N-dealkylation sites (tertiary alicyclic amines) is 1. The topological polar surface area (TPSA) is 125 Å². The number of nitrogens with one attached hydrogen (secondary N) is 1. The van der Waals surface area contributed by atoms with Crippen LogP contribution in [0.4, 0.5) is 0 Å². The average molecular weight is 600 g/mol. The molecule has 0 aromatic heterocycles. The third-order valence-electron chi connectivity index (χ3n) is 8.93. The molecule has 44 heavy (non-hydrogen) atoms. The van der Waals surface area contributed by atoms with Gasteiger partial charge in [0.25, 0.3) is 0 Å². The van der Waals surface area contributed by atoms with Crippen molar-refractivity contribution in [3.05, 3.63) is 96.1 Å². The van der Waals surface area contributed by atoms with Crippen LogP contribution >= 0.6 is 0 Å². The molecule has 0 unspecified atom stereocenters. The van der Waals surface area contributed by atoms with Gasteiger partial charge >= 0.3 is 5.97 Å². The Morgan fingerprint density at radius 2 is 1.70 bits per heavy atom. The van der Waals surface area contributed by atoms with Crippen LogP contribution in [0.1, 0.15) is 36.4 Å². The average Bonchev–Trinajstić information content (AvgIpc) is 3.68. The van der Waals surface area contributed by atoms with E-state index >= 15 is 0 Å². The molecule has 3 amide bonds. The van der Waals surface area contributed by atoms with E-state index in [0.29, 0.717) is 13.0 Å². The number of esters is 1. The predicted molar refractivity (Wildman–Crippen MR) is 159 cm³/mol. The van der Waals surface area contributed by atoms with Gasteiger partial charge in [0.1, 0.15) is 18.2 Å². The number of aliphatic hydroxyl groups excluding tert-OH is 1. The number of amides is 3. The molecule has 230 valence electrons. The number of hydrogen-bond donors (Lipinski definition) is 2. The second-order valence-electron chi connectivity index (χ2n) is 11.7. The van der Waals surface area contributed by atoms with Crippen molar-refractivity contribution >= 4 is 23.7 Å². The first-order chi connectivity index (χ1) is 21.4. The highest BCUT2D eigenvalue weighted by Gasteiger charge is 2.73. The van der Waals surface area contributed by atoms with E-state index in [4.69, 9.17) is 9.47 Å². The number of carbonyl (C=O) groups is 4. The third kappa shape index (κ3) is 5.55. The molecule has 4 aliphatic heterocycles. The molecule has 4 heterocycles. The summed E-state index contributed by atoms with van der Waals surface area (Å²) in [6.45, 7) is 0.471. The van der Waals surface area contributed by atoms with Crippen molar-refractivity contribution in [2.75, 3.05) is 26.3 Å². The summed E-state index contributed by atoms with van der Waals surface area (Å²) in [6.07, 6.45) is 7.41. The maximum Gasteiger partial charge on any atom is 0.306 e. The molecule has 6 atom stereocenters. The molecule has 10 nitrogen and oxygen atoms in total. The fraction of sp³-hybridized carbons (Fsp3) is 0.412. The van der Waals surface area contributed by atoms with Crippen molar-refractivity contribution in [1.82, 2.24) is 15.1 Å². The number of hydrogen-bond acceptors (Lipinski definition) is 7. The Morgan fingerprint density at radius 3 is 2.45 bits per heavy atom. The van der Waals surface area contributed by atoms with Gasteiger partial charge in [0.2, 0.25) is 17.7 Å². The number of allylic oxidation sites excluding steroid dienone is 1. The Hall–Kier alpha value is -4.28. The highest BCUT2D eigenvalue weighted by Crippen LogP contribution is 2.55. The maximum atomic E-state index is 14.6. The smallest absolute Gasteiger partial charge is 0.306 e. The van der Waals surface area contributed by atoms with Crippen LogP contribution in [-0.2, 0) is 35.2 Å². The molecule has 2 aromatic rings. The molecular weight excluding hydrogens is 562 g/mol. The van der Waals surface area contributed by atoms with E-state index in [1.807, 2.05) is 72.8 Å². The van der Waals surface area contributed by atoms with Crippen LogP contribution in [-0.4, -0.2) is 82.6 Å². The highest BCUT2D eigenvalue weighted by atomic mass is 16.5. The summed E-state index contributed by atoms with van der Waals surface area (Å²) in [5.74, 6) is -3.26. The van der Waals surface area contributed by atoms with Gasteiger partial charge in [-0.15, -0.1) is 0 Å². The quantitative estimate of drug-likeness (QED) is 0.386. The molecule has 0 aliphatic carbocycles. The zero-order valence-electron chi connectivity index (χ0n) is 24.4. The third-order valence-corrected chi connectivity index (χ3v) is 8.93. The second kappa shape index (κ2) is 12.8. The van der Waals surface area contributed by atoms with Gasteiger partial charge in [-0.1, -0.05) is 85.0 Å². The lowest BCUT2D eigenvalue weighted by atomic mass is 9.74. The molecule has 2 fully saturated rings. The van der Waals surface area contributed by atoms with E-state index in [1.165, 1.54) is 4.90 Å². The van der Waals surface area contributed by atoms with E-state index in [-0.39, 0.29) is 51.0 Å². The van der Waals surface area contributed by atoms with Crippen LogP contribution in [0.15, 0.2) is 85.0 Å². The maximum absolute atomic E-state index is 14.6. The lowest BCUT2D eigenvalue weighted by Crippen LogP contribution is -2.55. The Morgan fingerprint density at radius 1 is 0.955 bits per heavy atom. The molecule has 4 aliphatic rings. The van der Waals surface area contributed by atoms with Crippen molar-refractivity contribution in [3.8, 4) is 0 Å².